The number of benzene rings is 8. The molecule has 0 saturated carbocycles. The molecule has 0 unspecified atom stereocenters. The van der Waals surface area contributed by atoms with E-state index in [2.05, 4.69) is 173 Å². The van der Waals surface area contributed by atoms with E-state index in [4.69, 9.17) is 9.97 Å². The van der Waals surface area contributed by atoms with Crippen LogP contribution in [0.5, 0.6) is 0 Å². The van der Waals surface area contributed by atoms with Crippen molar-refractivity contribution in [3.05, 3.63) is 170 Å². The van der Waals surface area contributed by atoms with Gasteiger partial charge in [-0.05, 0) is 62.6 Å². The van der Waals surface area contributed by atoms with Gasteiger partial charge >= 0.3 is 0 Å². The summed E-state index contributed by atoms with van der Waals surface area (Å²) >= 11 is 0. The molecule has 0 saturated heterocycles. The van der Waals surface area contributed by atoms with Crippen LogP contribution in [0.2, 0.25) is 0 Å². The molecule has 4 heteroatoms. The van der Waals surface area contributed by atoms with Crippen LogP contribution in [0.25, 0.3) is 110 Å². The second-order valence-electron chi connectivity index (χ2n) is 13.8. The standard InChI is InChI=1S/C48H28N4/c1-2-13-30(14-3-1)45-42(28-49-47(50-45)35-23-22-29-12-4-5-15-31(29)24-35)51-41-27-33-17-7-6-16-32(33)25-38(41)44-39-26-34-18-8-9-19-36(34)43-37-20-10-11-21-40(37)52(46(39)43)48(44)51/h1-28H. The van der Waals surface area contributed by atoms with Crippen LogP contribution in [0.1, 0.15) is 0 Å². The van der Waals surface area contributed by atoms with Gasteiger partial charge in [0, 0.05) is 38.1 Å². The van der Waals surface area contributed by atoms with Crippen LogP contribution in [0.4, 0.5) is 0 Å². The topological polar surface area (TPSA) is 35.1 Å². The van der Waals surface area contributed by atoms with Crippen LogP contribution < -0.4 is 0 Å². The minimum absolute atomic E-state index is 0.704. The van der Waals surface area contributed by atoms with Crippen LogP contribution in [0.3, 0.4) is 0 Å². The number of rotatable bonds is 3. The Hall–Kier alpha value is -7.04. The van der Waals surface area contributed by atoms with Gasteiger partial charge in [-0.1, -0.05) is 133 Å². The molecule has 0 aliphatic rings. The first-order valence-corrected chi connectivity index (χ1v) is 17.7. The molecule has 4 heterocycles. The third kappa shape index (κ3) is 3.70. The largest absolute Gasteiger partial charge is 0.294 e. The Balaban J connectivity index is 1.28. The summed E-state index contributed by atoms with van der Waals surface area (Å²) in [7, 11) is 0. The molecular weight excluding hydrogens is 633 g/mol. The fourth-order valence-electron chi connectivity index (χ4n) is 8.75. The van der Waals surface area contributed by atoms with E-state index in [0.717, 1.165) is 33.7 Å². The molecule has 4 aromatic heterocycles. The second kappa shape index (κ2) is 10.3. The van der Waals surface area contributed by atoms with E-state index in [1.807, 2.05) is 6.20 Å². The first kappa shape index (κ1) is 27.7. The lowest BCUT2D eigenvalue weighted by Gasteiger charge is -2.15. The van der Waals surface area contributed by atoms with Crippen LogP contribution in [-0.2, 0) is 0 Å². The summed E-state index contributed by atoms with van der Waals surface area (Å²) in [6.45, 7) is 0. The van der Waals surface area contributed by atoms with Crippen molar-refractivity contribution >= 4 is 81.4 Å². The number of para-hydroxylation sites is 1. The first-order valence-electron chi connectivity index (χ1n) is 17.7. The van der Waals surface area contributed by atoms with Gasteiger partial charge in [-0.2, -0.15) is 0 Å². The van der Waals surface area contributed by atoms with Crippen molar-refractivity contribution < 1.29 is 0 Å². The van der Waals surface area contributed by atoms with E-state index in [0.29, 0.717) is 5.82 Å². The highest BCUT2D eigenvalue weighted by atomic mass is 15.1. The Morgan fingerprint density at radius 2 is 1.08 bits per heavy atom. The molecule has 0 spiro atoms. The summed E-state index contributed by atoms with van der Waals surface area (Å²) < 4.78 is 4.93. The molecule has 0 atom stereocenters. The average Bonchev–Trinajstić information content (AvgIpc) is 3.84. The van der Waals surface area contributed by atoms with Crippen LogP contribution >= 0.6 is 0 Å². The van der Waals surface area contributed by atoms with E-state index in [1.54, 1.807) is 0 Å². The molecule has 12 aromatic rings. The van der Waals surface area contributed by atoms with Crippen molar-refractivity contribution in [1.82, 2.24) is 18.9 Å². The van der Waals surface area contributed by atoms with Crippen LogP contribution in [0, 0.1) is 0 Å². The minimum Gasteiger partial charge on any atom is -0.294 e. The Morgan fingerprint density at radius 1 is 0.423 bits per heavy atom. The van der Waals surface area contributed by atoms with Crippen molar-refractivity contribution in [2.24, 2.45) is 0 Å². The van der Waals surface area contributed by atoms with Crippen LogP contribution in [0.15, 0.2) is 170 Å². The monoisotopic (exact) mass is 660 g/mol. The van der Waals surface area contributed by atoms with Gasteiger partial charge in [0.15, 0.2) is 5.82 Å². The second-order valence-corrected chi connectivity index (χ2v) is 13.8. The fraction of sp³-hybridized carbons (Fsp3) is 0. The summed E-state index contributed by atoms with van der Waals surface area (Å²) in [6.07, 6.45) is 2.04. The van der Waals surface area contributed by atoms with Gasteiger partial charge in [-0.25, -0.2) is 9.97 Å². The van der Waals surface area contributed by atoms with Gasteiger partial charge in [0.2, 0.25) is 0 Å². The van der Waals surface area contributed by atoms with Gasteiger partial charge in [-0.15, -0.1) is 0 Å². The molecule has 4 nitrogen and oxygen atoms in total. The Morgan fingerprint density at radius 3 is 1.90 bits per heavy atom. The molecule has 12 rings (SSSR count). The SMILES string of the molecule is c1ccc(-c2nc(-c3ccc4ccccc4c3)ncc2-n2c3cc4ccccc4cc3c3c4cc5ccccc5c5c6ccccc6n(c45)c32)cc1. The highest BCUT2D eigenvalue weighted by Crippen LogP contribution is 2.48. The molecule has 52 heavy (non-hydrogen) atoms. The maximum absolute atomic E-state index is 5.42. The van der Waals surface area contributed by atoms with Crippen molar-refractivity contribution in [2.75, 3.05) is 0 Å². The lowest BCUT2D eigenvalue weighted by molar-refractivity contribution is 1.06. The molecule has 0 amide bonds. The zero-order valence-electron chi connectivity index (χ0n) is 28.0. The molecule has 8 aromatic carbocycles. The Kier molecular flexibility index (Phi) is 5.47. The average molecular weight is 661 g/mol. The normalized spacial score (nSPS) is 12.2. The number of hydrogen-bond acceptors (Lipinski definition) is 2. The van der Waals surface area contributed by atoms with E-state index < -0.39 is 0 Å². The zero-order valence-corrected chi connectivity index (χ0v) is 28.0. The van der Waals surface area contributed by atoms with Crippen molar-refractivity contribution in [2.45, 2.75) is 0 Å². The van der Waals surface area contributed by atoms with Crippen molar-refractivity contribution in [1.29, 1.82) is 0 Å². The summed E-state index contributed by atoms with van der Waals surface area (Å²) in [6, 6.07) is 58.9. The summed E-state index contributed by atoms with van der Waals surface area (Å²) in [5.41, 5.74) is 8.58. The molecular formula is C48H28N4. The molecule has 0 radical (unpaired) electrons. The molecule has 0 N–H and O–H groups in total. The third-order valence-electron chi connectivity index (χ3n) is 11.0. The molecule has 0 bridgehead atoms. The van der Waals surface area contributed by atoms with E-state index in [1.165, 1.54) is 70.3 Å². The third-order valence-corrected chi connectivity index (χ3v) is 11.0. The minimum atomic E-state index is 0.704. The summed E-state index contributed by atoms with van der Waals surface area (Å²) in [5.74, 6) is 0.704. The van der Waals surface area contributed by atoms with E-state index in [9.17, 15) is 0 Å². The van der Waals surface area contributed by atoms with Gasteiger partial charge in [0.05, 0.1) is 34.1 Å². The fourth-order valence-corrected chi connectivity index (χ4v) is 8.75. The predicted molar refractivity (Wildman–Crippen MR) is 217 cm³/mol. The summed E-state index contributed by atoms with van der Waals surface area (Å²) in [4.78, 5) is 10.6. The molecule has 0 fully saturated rings. The predicted octanol–water partition coefficient (Wildman–Crippen LogP) is 12.4. The summed E-state index contributed by atoms with van der Waals surface area (Å²) in [5, 5.41) is 13.6. The quantitative estimate of drug-likeness (QED) is 0.189. The molecule has 0 aliphatic carbocycles. The van der Waals surface area contributed by atoms with E-state index >= 15 is 0 Å². The highest BCUT2D eigenvalue weighted by Gasteiger charge is 2.27. The van der Waals surface area contributed by atoms with Crippen molar-refractivity contribution in [3.63, 3.8) is 0 Å². The Labute approximate surface area is 297 Å². The maximum Gasteiger partial charge on any atom is 0.159 e. The molecule has 240 valence electrons. The zero-order chi connectivity index (χ0) is 33.9. The lowest BCUT2D eigenvalue weighted by atomic mass is 9.99. The number of hydrogen-bond donors (Lipinski definition) is 0. The van der Waals surface area contributed by atoms with Gasteiger partial charge in [0.1, 0.15) is 5.65 Å². The smallest absolute Gasteiger partial charge is 0.159 e. The lowest BCUT2D eigenvalue weighted by Crippen LogP contribution is -2.04. The van der Waals surface area contributed by atoms with Gasteiger partial charge in [0.25, 0.3) is 0 Å². The van der Waals surface area contributed by atoms with Crippen molar-refractivity contribution in [3.8, 4) is 28.3 Å². The number of nitrogens with zero attached hydrogens (tertiary/aromatic N) is 4. The van der Waals surface area contributed by atoms with Crippen LogP contribution in [-0.4, -0.2) is 18.9 Å². The van der Waals surface area contributed by atoms with Gasteiger partial charge in [-0.3, -0.25) is 8.97 Å². The Bertz CT molecular complexity index is 3410. The first-order chi connectivity index (χ1) is 25.8. The molecule has 0 aliphatic heterocycles. The highest BCUT2D eigenvalue weighted by molar-refractivity contribution is 6.35. The number of fused-ring (bicyclic) bond motifs is 12. The maximum atomic E-state index is 5.42. The van der Waals surface area contributed by atoms with Gasteiger partial charge < -0.3 is 0 Å². The van der Waals surface area contributed by atoms with E-state index in [-0.39, 0.29) is 0 Å². The number of aromatic nitrogens is 4.